The summed E-state index contributed by atoms with van der Waals surface area (Å²) < 4.78 is 0.952. The van der Waals surface area contributed by atoms with E-state index in [2.05, 4.69) is 26.5 Å². The number of halogens is 1. The van der Waals surface area contributed by atoms with E-state index in [4.69, 9.17) is 0 Å². The first kappa shape index (κ1) is 15.8. The molecule has 22 heavy (non-hydrogen) atoms. The molecule has 0 radical (unpaired) electrons. The Hall–Kier alpha value is -2.54. The first-order chi connectivity index (χ1) is 10.5. The molecule has 0 aliphatic heterocycles. The summed E-state index contributed by atoms with van der Waals surface area (Å²) in [6, 6.07) is 13.3. The average molecular weight is 362 g/mol. The normalized spacial score (nSPS) is 10.6. The number of hydrazone groups is 1. The lowest BCUT2D eigenvalue weighted by Gasteiger charge is -2.00. The molecule has 0 heterocycles. The molecule has 0 fully saturated rings. The van der Waals surface area contributed by atoms with Gasteiger partial charge in [-0.1, -0.05) is 28.1 Å². The van der Waals surface area contributed by atoms with E-state index in [1.807, 2.05) is 24.3 Å². The van der Waals surface area contributed by atoms with E-state index in [0.29, 0.717) is 5.56 Å². The lowest BCUT2D eigenvalue weighted by molar-refractivity contribution is -0.384. The highest BCUT2D eigenvalue weighted by Crippen LogP contribution is 2.11. The molecule has 1 N–H and O–H groups in total. The third-order valence-electron chi connectivity index (χ3n) is 2.78. The predicted molar refractivity (Wildman–Crippen MR) is 86.7 cm³/mol. The highest BCUT2D eigenvalue weighted by molar-refractivity contribution is 9.10. The fraction of sp³-hybridized carbons (Fsp3) is 0.0667. The standard InChI is InChI=1S/C15H12BrN3O3/c16-13-5-1-11(2-6-13)9-15(20)18-17-10-12-3-7-14(8-4-12)19(21)22/h1-8,10H,9H2,(H,18,20)/b17-10-. The Bertz CT molecular complexity index is 697. The maximum Gasteiger partial charge on any atom is 0.269 e. The van der Waals surface area contributed by atoms with E-state index in [-0.39, 0.29) is 18.0 Å². The Kier molecular flexibility index (Phi) is 5.37. The van der Waals surface area contributed by atoms with Crippen LogP contribution in [-0.4, -0.2) is 17.0 Å². The van der Waals surface area contributed by atoms with Gasteiger partial charge in [-0.05, 0) is 35.4 Å². The SMILES string of the molecule is O=C(Cc1ccc(Br)cc1)N/N=C\c1ccc([N+](=O)[O-])cc1. The second kappa shape index (κ2) is 7.46. The molecule has 7 heteroatoms. The Labute approximate surface area is 135 Å². The minimum atomic E-state index is -0.471. The number of benzene rings is 2. The van der Waals surface area contributed by atoms with Crippen LogP contribution in [0.3, 0.4) is 0 Å². The van der Waals surface area contributed by atoms with Crippen LogP contribution in [0, 0.1) is 10.1 Å². The van der Waals surface area contributed by atoms with Crippen molar-refractivity contribution in [2.24, 2.45) is 5.10 Å². The van der Waals surface area contributed by atoms with Crippen LogP contribution in [-0.2, 0) is 11.2 Å². The van der Waals surface area contributed by atoms with Crippen LogP contribution in [0.1, 0.15) is 11.1 Å². The number of hydrogen-bond donors (Lipinski definition) is 1. The van der Waals surface area contributed by atoms with Crippen molar-refractivity contribution in [3.63, 3.8) is 0 Å². The van der Waals surface area contributed by atoms with Crippen LogP contribution >= 0.6 is 15.9 Å². The molecule has 0 spiro atoms. The van der Waals surface area contributed by atoms with Gasteiger partial charge < -0.3 is 0 Å². The number of nitrogens with one attached hydrogen (secondary N) is 1. The van der Waals surface area contributed by atoms with Gasteiger partial charge in [0.25, 0.3) is 5.69 Å². The summed E-state index contributed by atoms with van der Waals surface area (Å²) in [7, 11) is 0. The average Bonchev–Trinajstić information content (AvgIpc) is 2.50. The molecule has 0 bridgehead atoms. The summed E-state index contributed by atoms with van der Waals surface area (Å²) in [5.74, 6) is -0.236. The Morgan fingerprint density at radius 2 is 1.82 bits per heavy atom. The summed E-state index contributed by atoms with van der Waals surface area (Å²) in [4.78, 5) is 21.8. The molecule has 112 valence electrons. The van der Waals surface area contributed by atoms with Gasteiger partial charge in [-0.15, -0.1) is 0 Å². The van der Waals surface area contributed by atoms with Crippen molar-refractivity contribution >= 4 is 33.7 Å². The summed E-state index contributed by atoms with van der Waals surface area (Å²) in [6.07, 6.45) is 1.66. The number of amides is 1. The van der Waals surface area contributed by atoms with Crippen molar-refractivity contribution in [3.05, 3.63) is 74.2 Å². The van der Waals surface area contributed by atoms with E-state index in [9.17, 15) is 14.9 Å². The molecule has 0 aromatic heterocycles. The highest BCUT2D eigenvalue weighted by Gasteiger charge is 2.03. The summed E-state index contributed by atoms with van der Waals surface area (Å²) in [5, 5.41) is 14.3. The van der Waals surface area contributed by atoms with Crippen molar-refractivity contribution in [3.8, 4) is 0 Å². The molecule has 0 saturated carbocycles. The van der Waals surface area contributed by atoms with Gasteiger partial charge in [0, 0.05) is 16.6 Å². The number of rotatable bonds is 5. The van der Waals surface area contributed by atoms with Crippen molar-refractivity contribution in [2.45, 2.75) is 6.42 Å². The summed E-state index contributed by atoms with van der Waals surface area (Å²) >= 11 is 3.33. The minimum absolute atomic E-state index is 0.0106. The van der Waals surface area contributed by atoms with Crippen LogP contribution in [0.15, 0.2) is 58.1 Å². The molecule has 2 rings (SSSR count). The zero-order valence-corrected chi connectivity index (χ0v) is 13.0. The third kappa shape index (κ3) is 4.78. The zero-order valence-electron chi connectivity index (χ0n) is 11.4. The van der Waals surface area contributed by atoms with Gasteiger partial charge in [0.2, 0.25) is 5.91 Å². The van der Waals surface area contributed by atoms with Gasteiger partial charge in [0.1, 0.15) is 0 Å². The van der Waals surface area contributed by atoms with Crippen molar-refractivity contribution < 1.29 is 9.72 Å². The van der Waals surface area contributed by atoms with Crippen molar-refractivity contribution in [1.82, 2.24) is 5.43 Å². The van der Waals surface area contributed by atoms with Gasteiger partial charge in [-0.3, -0.25) is 14.9 Å². The topological polar surface area (TPSA) is 84.6 Å². The van der Waals surface area contributed by atoms with Crippen LogP contribution in [0.25, 0.3) is 0 Å². The number of nitro benzene ring substituents is 1. The van der Waals surface area contributed by atoms with E-state index >= 15 is 0 Å². The highest BCUT2D eigenvalue weighted by atomic mass is 79.9. The smallest absolute Gasteiger partial charge is 0.269 e. The Morgan fingerprint density at radius 3 is 2.41 bits per heavy atom. The lowest BCUT2D eigenvalue weighted by Crippen LogP contribution is -2.19. The third-order valence-corrected chi connectivity index (χ3v) is 3.31. The second-order valence-electron chi connectivity index (χ2n) is 4.45. The number of nitrogens with zero attached hydrogens (tertiary/aromatic N) is 2. The van der Waals surface area contributed by atoms with Gasteiger partial charge in [-0.25, -0.2) is 5.43 Å². The molecular weight excluding hydrogens is 350 g/mol. The van der Waals surface area contributed by atoms with E-state index in [1.54, 1.807) is 12.1 Å². The van der Waals surface area contributed by atoms with Gasteiger partial charge in [-0.2, -0.15) is 5.10 Å². The maximum atomic E-state index is 11.7. The Morgan fingerprint density at radius 1 is 1.18 bits per heavy atom. The van der Waals surface area contributed by atoms with Gasteiger partial charge in [0.05, 0.1) is 17.6 Å². The molecule has 0 saturated heterocycles. The molecule has 0 aliphatic rings. The number of hydrogen-bond acceptors (Lipinski definition) is 4. The first-order valence-corrected chi connectivity index (χ1v) is 7.15. The molecular formula is C15H12BrN3O3. The van der Waals surface area contributed by atoms with Crippen LogP contribution < -0.4 is 5.43 Å². The van der Waals surface area contributed by atoms with E-state index in [1.165, 1.54) is 18.3 Å². The second-order valence-corrected chi connectivity index (χ2v) is 5.36. The molecule has 2 aromatic carbocycles. The van der Waals surface area contributed by atoms with Crippen LogP contribution in [0.2, 0.25) is 0 Å². The molecule has 6 nitrogen and oxygen atoms in total. The number of carbonyl (C=O) groups is 1. The number of nitro groups is 1. The number of non-ortho nitro benzene ring substituents is 1. The summed E-state index contributed by atoms with van der Waals surface area (Å²) in [5.41, 5.74) is 3.97. The zero-order chi connectivity index (χ0) is 15.9. The first-order valence-electron chi connectivity index (χ1n) is 6.35. The van der Waals surface area contributed by atoms with Crippen LogP contribution in [0.5, 0.6) is 0 Å². The Balaban J connectivity index is 1.87. The minimum Gasteiger partial charge on any atom is -0.273 e. The van der Waals surface area contributed by atoms with E-state index < -0.39 is 4.92 Å². The quantitative estimate of drug-likeness (QED) is 0.504. The largest absolute Gasteiger partial charge is 0.273 e. The number of carbonyl (C=O) groups excluding carboxylic acids is 1. The van der Waals surface area contributed by atoms with Gasteiger partial charge >= 0.3 is 0 Å². The van der Waals surface area contributed by atoms with Crippen molar-refractivity contribution in [1.29, 1.82) is 0 Å². The predicted octanol–water partition coefficient (Wildman–Crippen LogP) is 3.05. The molecule has 0 aliphatic carbocycles. The lowest BCUT2D eigenvalue weighted by atomic mass is 10.1. The molecule has 2 aromatic rings. The van der Waals surface area contributed by atoms with Crippen LogP contribution in [0.4, 0.5) is 5.69 Å². The summed E-state index contributed by atoms with van der Waals surface area (Å²) in [6.45, 7) is 0. The molecule has 1 amide bonds. The van der Waals surface area contributed by atoms with Gasteiger partial charge in [0.15, 0.2) is 0 Å². The van der Waals surface area contributed by atoms with E-state index in [0.717, 1.165) is 10.0 Å². The molecule has 0 unspecified atom stereocenters. The maximum absolute atomic E-state index is 11.7. The fourth-order valence-electron chi connectivity index (χ4n) is 1.69. The van der Waals surface area contributed by atoms with Crippen molar-refractivity contribution in [2.75, 3.05) is 0 Å². The monoisotopic (exact) mass is 361 g/mol. The fourth-order valence-corrected chi connectivity index (χ4v) is 1.95. The molecule has 0 atom stereocenters.